The highest BCUT2D eigenvalue weighted by molar-refractivity contribution is 5.55. The minimum Gasteiger partial charge on any atom is -0.497 e. The normalized spacial score (nSPS) is 16.7. The second kappa shape index (κ2) is 10.1. The molecule has 7 heteroatoms. The Morgan fingerprint density at radius 3 is 2.62 bits per heavy atom. The third-order valence-corrected chi connectivity index (χ3v) is 5.71. The van der Waals surface area contributed by atoms with Gasteiger partial charge < -0.3 is 23.7 Å². The van der Waals surface area contributed by atoms with Gasteiger partial charge in [-0.1, -0.05) is 6.07 Å². The van der Waals surface area contributed by atoms with Gasteiger partial charge in [0.15, 0.2) is 11.5 Å². The SMILES string of the molecule is COc1ccc(-c2nc(COc3cc(CN4CCCC(O)C4)ccc3OC)c(C)o2)cc1. The van der Waals surface area contributed by atoms with Crippen LogP contribution in [0.15, 0.2) is 46.9 Å². The number of β-amino-alcohol motifs (C(OH)–C–C–N with tert-alkyl or cyclic N) is 1. The van der Waals surface area contributed by atoms with Crippen LogP contribution in [-0.2, 0) is 13.2 Å². The fourth-order valence-electron chi connectivity index (χ4n) is 3.93. The number of aromatic nitrogens is 1. The Kier molecular flexibility index (Phi) is 6.97. The van der Waals surface area contributed by atoms with Crippen molar-refractivity contribution in [3.05, 3.63) is 59.5 Å². The third kappa shape index (κ3) is 5.23. The van der Waals surface area contributed by atoms with E-state index in [0.29, 0.717) is 29.7 Å². The number of benzene rings is 2. The molecule has 1 N–H and O–H groups in total. The van der Waals surface area contributed by atoms with Gasteiger partial charge in [-0.3, -0.25) is 4.90 Å². The number of methoxy groups -OCH3 is 2. The first-order chi connectivity index (χ1) is 15.6. The Labute approximate surface area is 188 Å². The van der Waals surface area contributed by atoms with Gasteiger partial charge in [0, 0.05) is 18.7 Å². The van der Waals surface area contributed by atoms with Crippen LogP contribution in [0.25, 0.3) is 11.5 Å². The molecule has 170 valence electrons. The lowest BCUT2D eigenvalue weighted by molar-refractivity contribution is 0.0668. The first-order valence-electron chi connectivity index (χ1n) is 10.9. The fraction of sp³-hybridized carbons (Fsp3) is 0.400. The summed E-state index contributed by atoms with van der Waals surface area (Å²) in [6.07, 6.45) is 1.65. The number of hydrogen-bond acceptors (Lipinski definition) is 7. The molecule has 1 aliphatic rings. The molecule has 0 amide bonds. The number of piperidine rings is 1. The van der Waals surface area contributed by atoms with Gasteiger partial charge in [0.25, 0.3) is 0 Å². The quantitative estimate of drug-likeness (QED) is 0.565. The molecule has 0 spiro atoms. The Balaban J connectivity index is 1.46. The summed E-state index contributed by atoms with van der Waals surface area (Å²) in [6, 6.07) is 13.5. The van der Waals surface area contributed by atoms with Gasteiger partial charge in [-0.2, -0.15) is 0 Å². The van der Waals surface area contributed by atoms with E-state index in [1.807, 2.05) is 49.4 Å². The maximum atomic E-state index is 9.93. The number of oxazole rings is 1. The van der Waals surface area contributed by atoms with E-state index in [-0.39, 0.29) is 12.7 Å². The van der Waals surface area contributed by atoms with Crippen LogP contribution in [0.2, 0.25) is 0 Å². The number of likely N-dealkylation sites (tertiary alicyclic amines) is 1. The molecule has 1 aromatic heterocycles. The molecule has 2 aromatic carbocycles. The van der Waals surface area contributed by atoms with Crippen molar-refractivity contribution < 1.29 is 23.7 Å². The van der Waals surface area contributed by atoms with Crippen LogP contribution < -0.4 is 14.2 Å². The molecule has 1 saturated heterocycles. The first-order valence-corrected chi connectivity index (χ1v) is 10.9. The summed E-state index contributed by atoms with van der Waals surface area (Å²) in [4.78, 5) is 6.89. The van der Waals surface area contributed by atoms with E-state index in [0.717, 1.165) is 48.5 Å². The Bertz CT molecular complexity index is 1030. The standard InChI is InChI=1S/C25H30N2O5/c1-17-22(26-25(32-17)19-7-9-21(29-2)10-8-19)16-31-24-13-18(6-11-23(24)30-3)14-27-12-4-5-20(28)15-27/h6-11,13,20,28H,4-5,12,14-16H2,1-3H3. The zero-order valence-electron chi connectivity index (χ0n) is 18.8. The molecule has 1 aliphatic heterocycles. The van der Waals surface area contributed by atoms with Gasteiger partial charge in [-0.05, 0) is 68.3 Å². The lowest BCUT2D eigenvalue weighted by Gasteiger charge is -2.30. The predicted molar refractivity (Wildman–Crippen MR) is 121 cm³/mol. The van der Waals surface area contributed by atoms with Crippen LogP contribution in [0.3, 0.4) is 0 Å². The van der Waals surface area contributed by atoms with Gasteiger partial charge in [0.05, 0.1) is 20.3 Å². The number of hydrogen-bond donors (Lipinski definition) is 1. The van der Waals surface area contributed by atoms with Crippen LogP contribution in [0, 0.1) is 6.92 Å². The molecule has 3 aromatic rings. The zero-order chi connectivity index (χ0) is 22.5. The van der Waals surface area contributed by atoms with E-state index in [1.54, 1.807) is 14.2 Å². The van der Waals surface area contributed by atoms with Crippen molar-refractivity contribution in [2.45, 2.75) is 39.0 Å². The molecule has 0 aliphatic carbocycles. The summed E-state index contributed by atoms with van der Waals surface area (Å²) < 4.78 is 22.7. The van der Waals surface area contributed by atoms with Gasteiger partial charge in [-0.25, -0.2) is 4.98 Å². The van der Waals surface area contributed by atoms with Crippen LogP contribution in [-0.4, -0.2) is 48.4 Å². The molecule has 1 fully saturated rings. The van der Waals surface area contributed by atoms with E-state index < -0.39 is 0 Å². The number of nitrogens with zero attached hydrogens (tertiary/aromatic N) is 2. The highest BCUT2D eigenvalue weighted by Crippen LogP contribution is 2.31. The summed E-state index contributed by atoms with van der Waals surface area (Å²) in [5.41, 5.74) is 2.73. The van der Waals surface area contributed by atoms with Crippen LogP contribution >= 0.6 is 0 Å². The Morgan fingerprint density at radius 1 is 1.09 bits per heavy atom. The molecule has 0 bridgehead atoms. The molecule has 2 heterocycles. The maximum Gasteiger partial charge on any atom is 0.226 e. The summed E-state index contributed by atoms with van der Waals surface area (Å²) in [5, 5.41) is 9.93. The highest BCUT2D eigenvalue weighted by atomic mass is 16.5. The van der Waals surface area contributed by atoms with E-state index in [2.05, 4.69) is 9.88 Å². The summed E-state index contributed by atoms with van der Waals surface area (Å²) in [7, 11) is 3.27. The van der Waals surface area contributed by atoms with Crippen molar-refractivity contribution in [2.75, 3.05) is 27.3 Å². The Morgan fingerprint density at radius 2 is 1.91 bits per heavy atom. The van der Waals surface area contributed by atoms with Crippen LogP contribution in [0.1, 0.15) is 29.9 Å². The van der Waals surface area contributed by atoms with E-state index in [9.17, 15) is 5.11 Å². The molecule has 0 saturated carbocycles. The average molecular weight is 439 g/mol. The number of rotatable bonds is 8. The van der Waals surface area contributed by atoms with Gasteiger partial charge in [0.2, 0.25) is 5.89 Å². The van der Waals surface area contributed by atoms with Crippen molar-refractivity contribution in [1.82, 2.24) is 9.88 Å². The first kappa shape index (κ1) is 22.2. The van der Waals surface area contributed by atoms with Crippen molar-refractivity contribution in [1.29, 1.82) is 0 Å². The number of aliphatic hydroxyl groups excluding tert-OH is 1. The lowest BCUT2D eigenvalue weighted by atomic mass is 10.1. The fourth-order valence-corrected chi connectivity index (χ4v) is 3.93. The van der Waals surface area contributed by atoms with Gasteiger partial charge >= 0.3 is 0 Å². The molecular formula is C25H30N2O5. The van der Waals surface area contributed by atoms with Gasteiger partial charge in [0.1, 0.15) is 23.8 Å². The summed E-state index contributed by atoms with van der Waals surface area (Å²) >= 11 is 0. The van der Waals surface area contributed by atoms with Crippen molar-refractivity contribution in [3.63, 3.8) is 0 Å². The Hall–Kier alpha value is -3.03. The van der Waals surface area contributed by atoms with E-state index in [1.165, 1.54) is 0 Å². The molecular weight excluding hydrogens is 408 g/mol. The number of aryl methyl sites for hydroxylation is 1. The second-order valence-electron chi connectivity index (χ2n) is 8.06. The molecule has 1 unspecified atom stereocenters. The van der Waals surface area contributed by atoms with E-state index in [4.69, 9.17) is 18.6 Å². The smallest absolute Gasteiger partial charge is 0.226 e. The van der Waals surface area contributed by atoms with Crippen LogP contribution in [0.5, 0.6) is 17.2 Å². The number of ether oxygens (including phenoxy) is 3. The highest BCUT2D eigenvalue weighted by Gasteiger charge is 2.19. The minimum atomic E-state index is -0.243. The molecule has 1 atom stereocenters. The summed E-state index contributed by atoms with van der Waals surface area (Å²) in [5.74, 6) is 3.38. The predicted octanol–water partition coefficient (Wildman–Crippen LogP) is 4.20. The third-order valence-electron chi connectivity index (χ3n) is 5.71. The minimum absolute atomic E-state index is 0.243. The lowest BCUT2D eigenvalue weighted by Crippen LogP contribution is -2.37. The van der Waals surface area contributed by atoms with E-state index >= 15 is 0 Å². The van der Waals surface area contributed by atoms with Crippen molar-refractivity contribution in [2.24, 2.45) is 0 Å². The largest absolute Gasteiger partial charge is 0.497 e. The molecule has 4 rings (SSSR count). The summed E-state index contributed by atoms with van der Waals surface area (Å²) in [6.45, 7) is 4.61. The topological polar surface area (TPSA) is 77.2 Å². The molecule has 32 heavy (non-hydrogen) atoms. The molecule has 0 radical (unpaired) electrons. The van der Waals surface area contributed by atoms with Crippen molar-refractivity contribution in [3.8, 4) is 28.7 Å². The maximum absolute atomic E-state index is 9.93. The second-order valence-corrected chi connectivity index (χ2v) is 8.06. The number of aliphatic hydroxyl groups is 1. The van der Waals surface area contributed by atoms with Crippen LogP contribution in [0.4, 0.5) is 0 Å². The van der Waals surface area contributed by atoms with Gasteiger partial charge in [-0.15, -0.1) is 0 Å². The zero-order valence-corrected chi connectivity index (χ0v) is 18.8. The molecule has 7 nitrogen and oxygen atoms in total. The average Bonchev–Trinajstić information content (AvgIpc) is 3.18. The monoisotopic (exact) mass is 438 g/mol. The van der Waals surface area contributed by atoms with Crippen molar-refractivity contribution >= 4 is 0 Å².